The van der Waals surface area contributed by atoms with Crippen molar-refractivity contribution in [1.82, 2.24) is 9.80 Å². The van der Waals surface area contributed by atoms with Gasteiger partial charge in [0.15, 0.2) is 11.8 Å². The van der Waals surface area contributed by atoms with E-state index in [1.54, 1.807) is 32.2 Å². The van der Waals surface area contributed by atoms with Crippen LogP contribution in [-0.4, -0.2) is 68.6 Å². The minimum Gasteiger partial charge on any atom is -0.496 e. The summed E-state index contributed by atoms with van der Waals surface area (Å²) in [5, 5.41) is 3.56. The first kappa shape index (κ1) is 26.0. The summed E-state index contributed by atoms with van der Waals surface area (Å²) in [6.45, 7) is 5.85. The molecule has 2 saturated heterocycles. The summed E-state index contributed by atoms with van der Waals surface area (Å²) in [5.41, 5.74) is 1.36. The van der Waals surface area contributed by atoms with E-state index in [0.717, 1.165) is 12.0 Å². The summed E-state index contributed by atoms with van der Waals surface area (Å²) >= 11 is 6.49. The molecule has 3 aliphatic heterocycles. The van der Waals surface area contributed by atoms with Crippen LogP contribution in [0, 0.1) is 5.41 Å². The third-order valence-electron chi connectivity index (χ3n) is 7.49. The van der Waals surface area contributed by atoms with Crippen molar-refractivity contribution in [3.8, 4) is 5.75 Å². The number of benzene rings is 2. The van der Waals surface area contributed by atoms with E-state index < -0.39 is 17.9 Å². The van der Waals surface area contributed by atoms with Crippen molar-refractivity contribution in [2.24, 2.45) is 5.41 Å². The number of anilines is 1. The Balaban J connectivity index is 1.72. The van der Waals surface area contributed by atoms with Crippen LogP contribution in [0.4, 0.5) is 5.69 Å². The second kappa shape index (κ2) is 9.58. The highest BCUT2D eigenvalue weighted by atomic mass is 35.5. The smallest absolute Gasteiger partial charge is 0.254 e. The predicted octanol–water partition coefficient (Wildman–Crippen LogP) is 4.17. The minimum absolute atomic E-state index is 0.0450. The fourth-order valence-corrected chi connectivity index (χ4v) is 5.90. The largest absolute Gasteiger partial charge is 0.496 e. The van der Waals surface area contributed by atoms with E-state index in [0.29, 0.717) is 53.8 Å². The van der Waals surface area contributed by atoms with Gasteiger partial charge in [-0.2, -0.15) is 0 Å². The van der Waals surface area contributed by atoms with Crippen molar-refractivity contribution in [2.75, 3.05) is 46.3 Å². The molecule has 9 heteroatoms. The Labute approximate surface area is 222 Å². The van der Waals surface area contributed by atoms with E-state index in [-0.39, 0.29) is 17.2 Å². The Bertz CT molecular complexity index is 1220. The van der Waals surface area contributed by atoms with Crippen LogP contribution in [0.1, 0.15) is 49.7 Å². The number of amides is 2. The summed E-state index contributed by atoms with van der Waals surface area (Å²) in [6.07, 6.45) is 0.852. The average Bonchev–Trinajstić information content (AvgIpc) is 3.45. The van der Waals surface area contributed by atoms with E-state index in [1.165, 1.54) is 0 Å². The Morgan fingerprint density at radius 3 is 2.54 bits per heavy atom. The van der Waals surface area contributed by atoms with Gasteiger partial charge >= 0.3 is 0 Å². The number of likely N-dealkylation sites (tertiary alicyclic amines) is 1. The summed E-state index contributed by atoms with van der Waals surface area (Å²) < 4.78 is 18.0. The van der Waals surface area contributed by atoms with Gasteiger partial charge in [-0.05, 0) is 43.2 Å². The number of hydrogen-bond donors (Lipinski definition) is 1. The Kier molecular flexibility index (Phi) is 6.73. The minimum atomic E-state index is -1.33. The normalized spacial score (nSPS) is 25.6. The Morgan fingerprint density at radius 1 is 1.14 bits per heavy atom. The zero-order valence-electron chi connectivity index (χ0n) is 22.0. The number of rotatable bonds is 5. The Morgan fingerprint density at radius 2 is 1.86 bits per heavy atom. The molecule has 37 heavy (non-hydrogen) atoms. The molecule has 0 bridgehead atoms. The lowest BCUT2D eigenvalue weighted by atomic mass is 9.80. The molecule has 2 aromatic rings. The molecule has 0 aliphatic carbocycles. The van der Waals surface area contributed by atoms with E-state index in [1.807, 2.05) is 35.2 Å². The number of nitrogens with zero attached hydrogens (tertiary/aromatic N) is 2. The Hall–Kier alpha value is -2.65. The number of halogens is 1. The topological polar surface area (TPSA) is 80.3 Å². The molecule has 0 radical (unpaired) electrons. The van der Waals surface area contributed by atoms with Gasteiger partial charge in [0, 0.05) is 53.5 Å². The maximum absolute atomic E-state index is 14.2. The summed E-state index contributed by atoms with van der Waals surface area (Å²) in [5.74, 6) is 0.243. The molecule has 198 valence electrons. The highest BCUT2D eigenvalue weighted by molar-refractivity contribution is 6.31. The second-order valence-corrected chi connectivity index (χ2v) is 11.5. The summed E-state index contributed by atoms with van der Waals surface area (Å²) in [7, 11) is 5.07. The SMILES string of the molecule is COc1ccc(C2OCC(C)(C)CO2)cc1[C@]1(N2CCCC2C(=O)N(C)C)C(=O)Nc2ccc(Cl)cc21. The van der Waals surface area contributed by atoms with Crippen molar-refractivity contribution in [2.45, 2.75) is 44.6 Å². The maximum atomic E-state index is 14.2. The molecular formula is C28H34ClN3O5. The summed E-state index contributed by atoms with van der Waals surface area (Å²) in [4.78, 5) is 31.1. The molecule has 1 unspecified atom stereocenters. The van der Waals surface area contributed by atoms with E-state index in [2.05, 4.69) is 19.2 Å². The molecule has 0 aromatic heterocycles. The summed E-state index contributed by atoms with van der Waals surface area (Å²) in [6, 6.07) is 10.6. The van der Waals surface area contributed by atoms with Crippen LogP contribution >= 0.6 is 11.6 Å². The molecule has 2 atom stereocenters. The molecule has 0 saturated carbocycles. The number of hydrogen-bond acceptors (Lipinski definition) is 6. The number of methoxy groups -OCH3 is 1. The first-order valence-corrected chi connectivity index (χ1v) is 13.0. The number of ether oxygens (including phenoxy) is 3. The average molecular weight is 528 g/mol. The van der Waals surface area contributed by atoms with Crippen LogP contribution in [0.15, 0.2) is 36.4 Å². The number of nitrogens with one attached hydrogen (secondary N) is 1. The van der Waals surface area contributed by atoms with E-state index in [9.17, 15) is 9.59 Å². The van der Waals surface area contributed by atoms with Crippen molar-refractivity contribution in [3.63, 3.8) is 0 Å². The van der Waals surface area contributed by atoms with Gasteiger partial charge in [-0.3, -0.25) is 14.5 Å². The highest BCUT2D eigenvalue weighted by Gasteiger charge is 2.58. The van der Waals surface area contributed by atoms with Gasteiger partial charge in [-0.15, -0.1) is 0 Å². The van der Waals surface area contributed by atoms with Crippen LogP contribution in [0.25, 0.3) is 0 Å². The first-order valence-electron chi connectivity index (χ1n) is 12.6. The van der Waals surface area contributed by atoms with Crippen LogP contribution in [0.2, 0.25) is 5.02 Å². The fraction of sp³-hybridized carbons (Fsp3) is 0.500. The molecular weight excluding hydrogens is 494 g/mol. The molecule has 1 N–H and O–H groups in total. The lowest BCUT2D eigenvalue weighted by Gasteiger charge is -2.42. The molecule has 3 aliphatic rings. The number of carbonyl (C=O) groups excluding carboxylic acids is 2. The second-order valence-electron chi connectivity index (χ2n) is 11.0. The quantitative estimate of drug-likeness (QED) is 0.628. The molecule has 0 spiro atoms. The van der Waals surface area contributed by atoms with Crippen LogP contribution < -0.4 is 10.1 Å². The third-order valence-corrected chi connectivity index (χ3v) is 7.73. The first-order chi connectivity index (χ1) is 17.6. The number of fused-ring (bicyclic) bond motifs is 1. The van der Waals surface area contributed by atoms with Gasteiger partial charge in [0.1, 0.15) is 5.75 Å². The van der Waals surface area contributed by atoms with Gasteiger partial charge in [0.25, 0.3) is 5.91 Å². The molecule has 8 nitrogen and oxygen atoms in total. The zero-order chi connectivity index (χ0) is 26.5. The van der Waals surface area contributed by atoms with Crippen molar-refractivity contribution < 1.29 is 23.8 Å². The fourth-order valence-electron chi connectivity index (χ4n) is 5.73. The van der Waals surface area contributed by atoms with E-state index in [4.69, 9.17) is 25.8 Å². The molecule has 5 rings (SSSR count). The number of likely N-dealkylation sites (N-methyl/N-ethyl adjacent to an activating group) is 1. The number of carbonyl (C=O) groups is 2. The highest BCUT2D eigenvalue weighted by Crippen LogP contribution is 2.52. The lowest BCUT2D eigenvalue weighted by Crippen LogP contribution is -2.57. The van der Waals surface area contributed by atoms with Crippen LogP contribution in [0.3, 0.4) is 0 Å². The van der Waals surface area contributed by atoms with E-state index >= 15 is 0 Å². The van der Waals surface area contributed by atoms with Crippen LogP contribution in [0.5, 0.6) is 5.75 Å². The van der Waals surface area contributed by atoms with Gasteiger partial charge in [-0.1, -0.05) is 31.5 Å². The van der Waals surface area contributed by atoms with Gasteiger partial charge in [-0.25, -0.2) is 0 Å². The molecule has 2 amide bonds. The molecule has 2 aromatic carbocycles. The van der Waals surface area contributed by atoms with Crippen molar-refractivity contribution >= 4 is 29.1 Å². The van der Waals surface area contributed by atoms with Crippen molar-refractivity contribution in [3.05, 3.63) is 58.1 Å². The van der Waals surface area contributed by atoms with Gasteiger partial charge < -0.3 is 24.4 Å². The van der Waals surface area contributed by atoms with Gasteiger partial charge in [0.05, 0.1) is 26.4 Å². The van der Waals surface area contributed by atoms with Crippen LogP contribution in [-0.2, 0) is 24.6 Å². The monoisotopic (exact) mass is 527 g/mol. The van der Waals surface area contributed by atoms with Crippen molar-refractivity contribution in [1.29, 1.82) is 0 Å². The zero-order valence-corrected chi connectivity index (χ0v) is 22.7. The molecule has 3 heterocycles. The predicted molar refractivity (Wildman–Crippen MR) is 141 cm³/mol. The molecule has 2 fully saturated rings. The maximum Gasteiger partial charge on any atom is 0.254 e. The lowest BCUT2D eigenvalue weighted by molar-refractivity contribution is -0.226. The standard InChI is InChI=1S/C28H34ClN3O5/c1-27(2)15-36-25(37-16-27)17-8-11-23(35-5)20(13-17)28(32-12-6-7-22(32)24(33)31(3)4)19-14-18(29)9-10-21(19)30-26(28)34/h8-11,13-14,22,25H,6-7,12,15-16H2,1-5H3,(H,30,34)/t22?,28-/m0/s1. The van der Waals surface area contributed by atoms with Gasteiger partial charge in [0.2, 0.25) is 5.91 Å². The third kappa shape index (κ3) is 4.30.